The van der Waals surface area contributed by atoms with Crippen LogP contribution in [0.1, 0.15) is 0 Å². The van der Waals surface area contributed by atoms with Crippen molar-refractivity contribution < 1.29 is 56.6 Å². The molecule has 0 unspecified atom stereocenters. The number of aromatic hydroxyl groups is 1. The predicted molar refractivity (Wildman–Crippen MR) is 195 cm³/mol. The lowest BCUT2D eigenvalue weighted by molar-refractivity contribution is 0.284. The molecule has 0 radical (unpaired) electrons. The number of aromatic nitrogens is 3. The van der Waals surface area contributed by atoms with E-state index in [-0.39, 0.29) is 52.0 Å². The fourth-order valence-corrected chi connectivity index (χ4v) is 8.03. The number of nitrogens with one attached hydrogen (secondary N) is 2. The highest BCUT2D eigenvalue weighted by Crippen LogP contribution is 2.39. The van der Waals surface area contributed by atoms with Gasteiger partial charge in [-0.2, -0.15) is 45.5 Å². The van der Waals surface area contributed by atoms with Gasteiger partial charge in [-0.15, -0.1) is 10.2 Å². The second kappa shape index (κ2) is 15.6. The molecule has 0 spiro atoms. The van der Waals surface area contributed by atoms with E-state index in [2.05, 4.69) is 40.0 Å². The van der Waals surface area contributed by atoms with E-state index in [1.165, 1.54) is 48.3 Å². The maximum absolute atomic E-state index is 12.4. The van der Waals surface area contributed by atoms with E-state index in [9.17, 15) is 47.9 Å². The molecule has 1 aromatic heterocycles. The minimum absolute atomic E-state index is 0.0597. The molecule has 22 nitrogen and oxygen atoms in total. The molecule has 55 heavy (non-hydrogen) atoms. The number of nitrogens with zero attached hydrogens (tertiary/aromatic N) is 7. The van der Waals surface area contributed by atoms with E-state index in [0.29, 0.717) is 11.1 Å². The summed E-state index contributed by atoms with van der Waals surface area (Å²) in [4.78, 5) is 12.4. The Hall–Kier alpha value is -5.66. The van der Waals surface area contributed by atoms with Crippen LogP contribution in [0, 0.1) is 11.5 Å². The van der Waals surface area contributed by atoms with Gasteiger partial charge in [0.05, 0.1) is 18.1 Å². The second-order valence-corrected chi connectivity index (χ2v) is 17.4. The van der Waals surface area contributed by atoms with Crippen molar-refractivity contribution in [3.8, 4) is 11.9 Å². The Morgan fingerprint density at radius 3 is 2.15 bits per heavy atom. The summed E-state index contributed by atoms with van der Waals surface area (Å²) in [6.45, 7) is -0.963. The van der Waals surface area contributed by atoms with Crippen LogP contribution in [-0.4, -0.2) is 99.1 Å². The first-order valence-corrected chi connectivity index (χ1v) is 21.1. The van der Waals surface area contributed by atoms with Crippen LogP contribution in [0.3, 0.4) is 0 Å². The van der Waals surface area contributed by atoms with Crippen molar-refractivity contribution in [3.63, 3.8) is 0 Å². The van der Waals surface area contributed by atoms with Crippen molar-refractivity contribution in [3.05, 3.63) is 60.7 Å². The van der Waals surface area contributed by atoms with Gasteiger partial charge in [-0.3, -0.25) is 19.0 Å². The summed E-state index contributed by atoms with van der Waals surface area (Å²) < 4.78 is 127. The van der Waals surface area contributed by atoms with Crippen LogP contribution in [0.2, 0.25) is 0 Å². The molecule has 0 bridgehead atoms. The molecular weight excluding hydrogens is 811 g/mol. The zero-order valence-corrected chi connectivity index (χ0v) is 31.1. The number of sulfone groups is 1. The number of hydrogen-bond acceptors (Lipinski definition) is 19. The fourth-order valence-electron chi connectivity index (χ4n) is 5.00. The number of anilines is 4. The molecule has 0 aliphatic carbocycles. The highest BCUT2D eigenvalue weighted by Gasteiger charge is 2.24. The smallest absolute Gasteiger partial charge is 0.397 e. The molecule has 0 aliphatic rings. The van der Waals surface area contributed by atoms with Gasteiger partial charge in [-0.25, -0.2) is 12.6 Å². The fraction of sp³-hybridized carbons (Fsp3) is 0.172. The normalized spacial score (nSPS) is 12.6. The predicted octanol–water partition coefficient (Wildman–Crippen LogP) is 3.10. The van der Waals surface area contributed by atoms with Gasteiger partial charge >= 0.3 is 10.4 Å². The van der Waals surface area contributed by atoms with Crippen molar-refractivity contribution in [2.45, 2.75) is 9.79 Å². The van der Waals surface area contributed by atoms with Gasteiger partial charge in [0.25, 0.3) is 20.2 Å². The molecule has 4 aromatic carbocycles. The van der Waals surface area contributed by atoms with Crippen LogP contribution in [0.4, 0.5) is 34.9 Å². The number of fused-ring (bicyclic) bond motifs is 2. The number of phenolic OH excluding ortho intramolecular Hbond substituents is 1. The standard InChI is InChI=1S/C29H27N9O13S4/c1-38(11-13-52(40,41)14-12-51-55(48,49)50)29-34-27(31-16-30)33-28(35-29)32-18-6-7-19-17(15-18)5-9-22(25(19)39)36-37-23-10-8-20-21(26(23)54(45,46)47)3-2-4-24(20)53(42,43)44/h2-10,15,39H,11-14H2,1H3,(H,42,43,44)(H,45,46,47)(H,48,49,50)(H2,31,32,33,34,35). The Labute approximate surface area is 312 Å². The summed E-state index contributed by atoms with van der Waals surface area (Å²) in [6, 6.07) is 13.1. The summed E-state index contributed by atoms with van der Waals surface area (Å²) in [5.74, 6) is -1.89. The van der Waals surface area contributed by atoms with Gasteiger partial charge in [-0.05, 0) is 41.8 Å². The van der Waals surface area contributed by atoms with Gasteiger partial charge in [0.1, 0.15) is 21.2 Å². The lowest BCUT2D eigenvalue weighted by atomic mass is 10.1. The Morgan fingerprint density at radius 2 is 1.47 bits per heavy atom. The van der Waals surface area contributed by atoms with Gasteiger partial charge in [0, 0.05) is 35.4 Å². The molecule has 6 N–H and O–H groups in total. The van der Waals surface area contributed by atoms with Crippen molar-refractivity contribution in [2.24, 2.45) is 10.2 Å². The van der Waals surface area contributed by atoms with Crippen LogP contribution in [0.25, 0.3) is 21.5 Å². The molecular formula is C29H27N9O13S4. The first kappa shape index (κ1) is 40.5. The van der Waals surface area contributed by atoms with Gasteiger partial charge in [0.2, 0.25) is 17.8 Å². The first-order valence-electron chi connectivity index (χ1n) is 15.0. The van der Waals surface area contributed by atoms with Crippen LogP contribution >= 0.6 is 0 Å². The summed E-state index contributed by atoms with van der Waals surface area (Å²) >= 11 is 0. The third kappa shape index (κ3) is 10.1. The summed E-state index contributed by atoms with van der Waals surface area (Å²) in [5.41, 5.74) is -0.142. The van der Waals surface area contributed by atoms with E-state index in [1.54, 1.807) is 12.3 Å². The molecule has 5 rings (SSSR count). The maximum atomic E-state index is 12.4. The second-order valence-electron chi connectivity index (χ2n) is 11.3. The third-order valence-electron chi connectivity index (χ3n) is 7.48. The Balaban J connectivity index is 1.39. The molecule has 0 fully saturated rings. The van der Waals surface area contributed by atoms with Gasteiger partial charge < -0.3 is 15.3 Å². The molecule has 290 valence electrons. The molecule has 0 saturated carbocycles. The van der Waals surface area contributed by atoms with Gasteiger partial charge in [-0.1, -0.05) is 24.3 Å². The number of azo groups is 1. The number of nitriles is 1. The monoisotopic (exact) mass is 837 g/mol. The molecule has 0 atom stereocenters. The summed E-state index contributed by atoms with van der Waals surface area (Å²) in [7, 11) is -17.0. The number of benzene rings is 4. The van der Waals surface area contributed by atoms with E-state index in [0.717, 1.165) is 18.2 Å². The minimum Gasteiger partial charge on any atom is -0.505 e. The molecule has 1 heterocycles. The summed E-state index contributed by atoms with van der Waals surface area (Å²) in [5, 5.41) is 33.4. The SMILES string of the molecule is CN(CCS(=O)(=O)CCOS(=O)(=O)O)c1nc(NC#N)nc(Nc2ccc3c(O)c(N=Nc4ccc5c(S(=O)(=O)O)cccc5c4S(=O)(=O)O)ccc3c2)n1. The molecule has 0 aliphatic heterocycles. The summed E-state index contributed by atoms with van der Waals surface area (Å²) in [6.07, 6.45) is 1.67. The first-order chi connectivity index (χ1) is 25.6. The highest BCUT2D eigenvalue weighted by molar-refractivity contribution is 7.91. The van der Waals surface area contributed by atoms with Crippen molar-refractivity contribution in [1.29, 1.82) is 5.26 Å². The van der Waals surface area contributed by atoms with E-state index in [1.807, 2.05) is 0 Å². The molecule has 5 aromatic rings. The largest absolute Gasteiger partial charge is 0.505 e. The lowest BCUT2D eigenvalue weighted by Gasteiger charge is -2.18. The minimum atomic E-state index is -5.02. The topological polar surface area (TPSA) is 341 Å². The Kier molecular flexibility index (Phi) is 11.5. The average Bonchev–Trinajstić information content (AvgIpc) is 3.08. The van der Waals surface area contributed by atoms with E-state index in [4.69, 9.17) is 9.81 Å². The van der Waals surface area contributed by atoms with Crippen LogP contribution in [0.15, 0.2) is 80.7 Å². The highest BCUT2D eigenvalue weighted by atomic mass is 32.3. The molecule has 0 saturated heterocycles. The number of hydrogen-bond donors (Lipinski definition) is 6. The van der Waals surface area contributed by atoms with Crippen LogP contribution in [-0.2, 0) is 44.7 Å². The number of phenols is 1. The lowest BCUT2D eigenvalue weighted by Crippen LogP contribution is -2.29. The van der Waals surface area contributed by atoms with Crippen LogP contribution < -0.4 is 15.5 Å². The number of rotatable bonds is 15. The quantitative estimate of drug-likeness (QED) is 0.0382. The molecule has 0 amide bonds. The zero-order chi connectivity index (χ0) is 40.3. The van der Waals surface area contributed by atoms with Crippen molar-refractivity contribution in [2.75, 3.05) is 47.2 Å². The van der Waals surface area contributed by atoms with E-state index >= 15 is 0 Å². The zero-order valence-electron chi connectivity index (χ0n) is 27.8. The van der Waals surface area contributed by atoms with Crippen molar-refractivity contribution >= 4 is 96.9 Å². The van der Waals surface area contributed by atoms with Crippen molar-refractivity contribution in [1.82, 2.24) is 15.0 Å². The Morgan fingerprint density at radius 1 is 0.800 bits per heavy atom. The van der Waals surface area contributed by atoms with E-state index < -0.39 is 74.1 Å². The maximum Gasteiger partial charge on any atom is 0.397 e. The average molecular weight is 838 g/mol. The molecule has 26 heteroatoms. The van der Waals surface area contributed by atoms with Gasteiger partial charge in [0.15, 0.2) is 21.8 Å². The van der Waals surface area contributed by atoms with Crippen LogP contribution in [0.5, 0.6) is 5.75 Å². The Bertz CT molecular complexity index is 2850. The third-order valence-corrected chi connectivity index (χ3v) is 11.4.